The fourth-order valence-electron chi connectivity index (χ4n) is 2.17. The number of hydrogen-bond acceptors (Lipinski definition) is 8. The third kappa shape index (κ3) is 4.07. The Kier molecular flexibility index (Phi) is 4.97. The van der Waals surface area contributed by atoms with Crippen molar-refractivity contribution >= 4 is 29.1 Å². The van der Waals surface area contributed by atoms with Crippen LogP contribution < -0.4 is 25.8 Å². The number of ether oxygens (including phenoxy) is 2. The molecule has 0 spiro atoms. The Labute approximate surface area is 149 Å². The van der Waals surface area contributed by atoms with E-state index in [9.17, 15) is 4.39 Å². The van der Waals surface area contributed by atoms with E-state index in [-0.39, 0.29) is 11.8 Å². The highest BCUT2D eigenvalue weighted by Gasteiger charge is 2.10. The summed E-state index contributed by atoms with van der Waals surface area (Å²) in [6.07, 6.45) is 1.06. The van der Waals surface area contributed by atoms with Gasteiger partial charge in [-0.3, -0.25) is 0 Å². The number of anilines is 5. The van der Waals surface area contributed by atoms with Crippen molar-refractivity contribution in [3.05, 3.63) is 48.4 Å². The van der Waals surface area contributed by atoms with Crippen LogP contribution in [0.2, 0.25) is 0 Å². The van der Waals surface area contributed by atoms with Gasteiger partial charge < -0.3 is 25.8 Å². The molecule has 0 unspecified atom stereocenters. The third-order valence-corrected chi connectivity index (χ3v) is 3.37. The summed E-state index contributed by atoms with van der Waals surface area (Å²) in [6, 6.07) is 10.2. The van der Waals surface area contributed by atoms with Crippen LogP contribution in [-0.2, 0) is 0 Å². The highest BCUT2D eigenvalue weighted by atomic mass is 19.1. The lowest BCUT2D eigenvalue weighted by molar-refractivity contribution is 0.395. The fraction of sp³-hybridized carbons (Fsp3) is 0.118. The monoisotopic (exact) mass is 356 g/mol. The number of methoxy groups -OCH3 is 2. The average molecular weight is 356 g/mol. The zero-order valence-electron chi connectivity index (χ0n) is 14.2. The van der Waals surface area contributed by atoms with Crippen LogP contribution in [0.15, 0.2) is 42.6 Å². The Hall–Kier alpha value is -3.62. The van der Waals surface area contributed by atoms with Crippen LogP contribution in [0, 0.1) is 5.82 Å². The molecule has 0 aliphatic heterocycles. The molecule has 0 bridgehead atoms. The second-order valence-electron chi connectivity index (χ2n) is 5.19. The lowest BCUT2D eigenvalue weighted by atomic mass is 10.3. The molecule has 0 saturated heterocycles. The lowest BCUT2D eigenvalue weighted by Crippen LogP contribution is -2.05. The highest BCUT2D eigenvalue weighted by molar-refractivity contribution is 5.61. The standard InChI is InChI=1S/C17H17FN6O2/c1-25-11-6-10(7-12(8-11)26-2)21-17-20-9-13(18)16(24-17)23-15-5-3-4-14(19)22-15/h3-9H,1-2H3,(H4,19,20,21,22,23,24). The van der Waals surface area contributed by atoms with Gasteiger partial charge in [0.2, 0.25) is 5.95 Å². The molecule has 1 aromatic carbocycles. The van der Waals surface area contributed by atoms with Gasteiger partial charge in [0.15, 0.2) is 11.6 Å². The van der Waals surface area contributed by atoms with E-state index >= 15 is 0 Å². The topological polar surface area (TPSA) is 107 Å². The average Bonchev–Trinajstić information content (AvgIpc) is 2.64. The third-order valence-electron chi connectivity index (χ3n) is 3.37. The molecule has 26 heavy (non-hydrogen) atoms. The number of aromatic nitrogens is 3. The smallest absolute Gasteiger partial charge is 0.229 e. The predicted octanol–water partition coefficient (Wildman–Crippen LogP) is 3.10. The van der Waals surface area contributed by atoms with Crippen molar-refractivity contribution in [3.63, 3.8) is 0 Å². The van der Waals surface area contributed by atoms with Crippen LogP contribution in [0.25, 0.3) is 0 Å². The molecule has 0 saturated carbocycles. The van der Waals surface area contributed by atoms with Crippen LogP contribution in [0.4, 0.5) is 33.5 Å². The largest absolute Gasteiger partial charge is 0.497 e. The molecule has 8 nitrogen and oxygen atoms in total. The van der Waals surface area contributed by atoms with Crippen LogP contribution in [0.3, 0.4) is 0 Å². The quantitative estimate of drug-likeness (QED) is 0.618. The van der Waals surface area contributed by atoms with Crippen molar-refractivity contribution in [1.82, 2.24) is 15.0 Å². The fourth-order valence-corrected chi connectivity index (χ4v) is 2.17. The van der Waals surface area contributed by atoms with Gasteiger partial charge in [0.25, 0.3) is 0 Å². The van der Waals surface area contributed by atoms with E-state index in [1.54, 1.807) is 50.6 Å². The molecule has 3 aromatic rings. The van der Waals surface area contributed by atoms with Gasteiger partial charge in [-0.25, -0.2) is 14.4 Å². The zero-order chi connectivity index (χ0) is 18.5. The molecule has 9 heteroatoms. The number of nitrogens with two attached hydrogens (primary N) is 1. The van der Waals surface area contributed by atoms with Crippen LogP contribution in [-0.4, -0.2) is 29.2 Å². The number of halogens is 1. The summed E-state index contributed by atoms with van der Waals surface area (Å²) in [5, 5.41) is 5.76. The number of pyridine rings is 1. The molecule has 3 rings (SSSR count). The van der Waals surface area contributed by atoms with Gasteiger partial charge in [-0.05, 0) is 12.1 Å². The number of nitrogens with one attached hydrogen (secondary N) is 2. The molecule has 2 aromatic heterocycles. The maximum absolute atomic E-state index is 14.0. The number of benzene rings is 1. The summed E-state index contributed by atoms with van der Waals surface area (Å²) in [7, 11) is 3.10. The van der Waals surface area contributed by atoms with Gasteiger partial charge in [-0.2, -0.15) is 4.98 Å². The molecule has 0 aliphatic carbocycles. The van der Waals surface area contributed by atoms with Crippen molar-refractivity contribution < 1.29 is 13.9 Å². The number of nitrogen functional groups attached to an aromatic ring is 1. The molecule has 0 amide bonds. The van der Waals surface area contributed by atoms with Crippen LogP contribution in [0.1, 0.15) is 0 Å². The van der Waals surface area contributed by atoms with Gasteiger partial charge in [0, 0.05) is 23.9 Å². The summed E-state index contributed by atoms with van der Waals surface area (Å²) in [5.74, 6) is 1.40. The first-order valence-corrected chi connectivity index (χ1v) is 7.59. The summed E-state index contributed by atoms with van der Waals surface area (Å²) in [6.45, 7) is 0. The Bertz CT molecular complexity index is 899. The Morgan fingerprint density at radius 1 is 1.00 bits per heavy atom. The minimum atomic E-state index is -0.622. The van der Waals surface area contributed by atoms with E-state index < -0.39 is 5.82 Å². The van der Waals surface area contributed by atoms with Crippen LogP contribution >= 0.6 is 0 Å². The number of rotatable bonds is 6. The molecule has 0 fully saturated rings. The SMILES string of the molecule is COc1cc(Nc2ncc(F)c(Nc3cccc(N)n3)n2)cc(OC)c1. The van der Waals surface area contributed by atoms with Crippen molar-refractivity contribution in [1.29, 1.82) is 0 Å². The molecule has 0 aliphatic rings. The molecular weight excluding hydrogens is 339 g/mol. The van der Waals surface area contributed by atoms with E-state index in [2.05, 4.69) is 25.6 Å². The Morgan fingerprint density at radius 3 is 2.38 bits per heavy atom. The number of nitrogens with zero attached hydrogens (tertiary/aromatic N) is 3. The highest BCUT2D eigenvalue weighted by Crippen LogP contribution is 2.27. The first-order chi connectivity index (χ1) is 12.6. The van der Waals surface area contributed by atoms with Gasteiger partial charge >= 0.3 is 0 Å². The van der Waals surface area contributed by atoms with Gasteiger partial charge in [-0.1, -0.05) is 6.07 Å². The molecule has 4 N–H and O–H groups in total. The predicted molar refractivity (Wildman–Crippen MR) is 96.8 cm³/mol. The molecule has 2 heterocycles. The first-order valence-electron chi connectivity index (χ1n) is 7.59. The molecule has 0 radical (unpaired) electrons. The Balaban J connectivity index is 1.85. The molecule has 0 atom stereocenters. The van der Waals surface area contributed by atoms with Crippen molar-refractivity contribution in [2.24, 2.45) is 0 Å². The van der Waals surface area contributed by atoms with Gasteiger partial charge in [0.05, 0.1) is 20.4 Å². The lowest BCUT2D eigenvalue weighted by Gasteiger charge is -2.11. The second kappa shape index (κ2) is 7.51. The van der Waals surface area contributed by atoms with Crippen molar-refractivity contribution in [3.8, 4) is 11.5 Å². The maximum atomic E-state index is 14.0. The second-order valence-corrected chi connectivity index (χ2v) is 5.19. The Morgan fingerprint density at radius 2 is 1.73 bits per heavy atom. The summed E-state index contributed by atoms with van der Waals surface area (Å²) in [5.41, 5.74) is 6.25. The normalized spacial score (nSPS) is 10.3. The minimum Gasteiger partial charge on any atom is -0.497 e. The van der Waals surface area contributed by atoms with Gasteiger partial charge in [-0.15, -0.1) is 0 Å². The summed E-state index contributed by atoms with van der Waals surface area (Å²) < 4.78 is 24.4. The zero-order valence-corrected chi connectivity index (χ0v) is 14.2. The summed E-state index contributed by atoms with van der Waals surface area (Å²) >= 11 is 0. The minimum absolute atomic E-state index is 0.0320. The molecular formula is C17H17FN6O2. The van der Waals surface area contributed by atoms with Crippen molar-refractivity contribution in [2.75, 3.05) is 30.6 Å². The van der Waals surface area contributed by atoms with Gasteiger partial charge in [0.1, 0.15) is 23.1 Å². The van der Waals surface area contributed by atoms with E-state index in [0.717, 1.165) is 6.20 Å². The molecule has 134 valence electrons. The first kappa shape index (κ1) is 17.2. The van der Waals surface area contributed by atoms with E-state index in [4.69, 9.17) is 15.2 Å². The number of hydrogen-bond donors (Lipinski definition) is 3. The van der Waals surface area contributed by atoms with Crippen molar-refractivity contribution in [2.45, 2.75) is 0 Å². The maximum Gasteiger partial charge on any atom is 0.229 e. The summed E-state index contributed by atoms with van der Waals surface area (Å²) in [4.78, 5) is 12.1. The van der Waals surface area contributed by atoms with E-state index in [1.807, 2.05) is 0 Å². The van der Waals surface area contributed by atoms with E-state index in [0.29, 0.717) is 28.8 Å². The van der Waals surface area contributed by atoms with E-state index in [1.165, 1.54) is 0 Å². The van der Waals surface area contributed by atoms with Crippen LogP contribution in [0.5, 0.6) is 11.5 Å².